The van der Waals surface area contributed by atoms with Gasteiger partial charge in [0.2, 0.25) is 0 Å². The third-order valence-electron chi connectivity index (χ3n) is 15.6. The molecule has 0 fully saturated rings. The minimum atomic E-state index is -4.56. The van der Waals surface area contributed by atoms with Gasteiger partial charge in [0.1, 0.15) is 0 Å². The van der Waals surface area contributed by atoms with E-state index in [1.54, 1.807) is 13.0 Å². The Hall–Kier alpha value is -10.1. The Labute approximate surface area is 439 Å². The number of alkyl halides is 3. The maximum atomic E-state index is 14.7. The van der Waals surface area contributed by atoms with Crippen LogP contribution in [0, 0.1) is 13.5 Å². The van der Waals surface area contributed by atoms with Crippen molar-refractivity contribution in [2.24, 2.45) is 0 Å². The molecule has 0 radical (unpaired) electrons. The fourth-order valence-electron chi connectivity index (χ4n) is 12.5. The highest BCUT2D eigenvalue weighted by molar-refractivity contribution is 6.28. The second kappa shape index (κ2) is 16.7. The van der Waals surface area contributed by atoms with E-state index in [2.05, 4.69) is 193 Å². The van der Waals surface area contributed by atoms with Crippen molar-refractivity contribution in [3.05, 3.63) is 259 Å². The topological polar surface area (TPSA) is 24.1 Å². The van der Waals surface area contributed by atoms with Crippen molar-refractivity contribution in [1.29, 1.82) is 0 Å². The van der Waals surface area contributed by atoms with Gasteiger partial charge in [-0.05, 0) is 120 Å². The summed E-state index contributed by atoms with van der Waals surface area (Å²) in [7, 11) is 0. The predicted octanol–water partition coefficient (Wildman–Crippen LogP) is 19.3. The van der Waals surface area contributed by atoms with Gasteiger partial charge in [0, 0.05) is 65.7 Å². The molecule has 0 bridgehead atoms. The number of hydrogen-bond donors (Lipinski definition) is 0. The second-order valence-corrected chi connectivity index (χ2v) is 19.9. The number of aryl methyl sites for hydroxylation is 1. The van der Waals surface area contributed by atoms with Gasteiger partial charge in [-0.2, -0.15) is 13.2 Å². The quantitative estimate of drug-likeness (QED) is 0.148. The molecule has 0 atom stereocenters. The van der Waals surface area contributed by atoms with Crippen LogP contribution in [0.25, 0.3) is 137 Å². The van der Waals surface area contributed by atoms with Crippen LogP contribution in [0.3, 0.4) is 0 Å². The number of nitrogens with zero attached hydrogens (tertiary/aromatic N) is 5. The lowest BCUT2D eigenvalue weighted by atomic mass is 9.93. The molecule has 0 N–H and O–H groups in total. The normalized spacial score (nSPS) is 12.1. The highest BCUT2D eigenvalue weighted by atomic mass is 19.4. The first-order chi connectivity index (χ1) is 37.7. The minimum absolute atomic E-state index is 0.402. The van der Waals surface area contributed by atoms with Crippen LogP contribution >= 0.6 is 0 Å². The third kappa shape index (κ3) is 6.54. The molecule has 8 heteroatoms. The molecule has 0 aliphatic heterocycles. The molecule has 4 aromatic heterocycles. The number of rotatable bonds is 6. The summed E-state index contributed by atoms with van der Waals surface area (Å²) in [6.45, 7) is 10.7. The van der Waals surface area contributed by atoms with Crippen LogP contribution in [-0.4, -0.2) is 18.3 Å². The smallest absolute Gasteiger partial charge is 0.310 e. The van der Waals surface area contributed by atoms with Crippen molar-refractivity contribution in [2.75, 3.05) is 0 Å². The summed E-state index contributed by atoms with van der Waals surface area (Å²) in [5.74, 6) is 0. The number of para-hydroxylation sites is 6. The predicted molar refractivity (Wildman–Crippen MR) is 311 cm³/mol. The highest BCUT2D eigenvalue weighted by Crippen LogP contribution is 2.49. The number of hydrogen-bond acceptors (Lipinski definition) is 0. The summed E-state index contributed by atoms with van der Waals surface area (Å²) in [6, 6.07) is 79.6. The molecule has 0 saturated heterocycles. The van der Waals surface area contributed by atoms with Gasteiger partial charge in [-0.3, -0.25) is 0 Å². The zero-order valence-electron chi connectivity index (χ0n) is 41.4. The fourth-order valence-corrected chi connectivity index (χ4v) is 12.5. The van der Waals surface area contributed by atoms with Crippen LogP contribution in [0.1, 0.15) is 11.1 Å². The minimum Gasteiger partial charge on any atom is -0.310 e. The van der Waals surface area contributed by atoms with Gasteiger partial charge >= 0.3 is 6.18 Å². The van der Waals surface area contributed by atoms with Crippen LogP contribution in [0.4, 0.5) is 18.9 Å². The zero-order chi connectivity index (χ0) is 51.7. The van der Waals surface area contributed by atoms with Crippen molar-refractivity contribution in [1.82, 2.24) is 18.3 Å². The lowest BCUT2D eigenvalue weighted by molar-refractivity contribution is -0.137. The monoisotopic (exact) mass is 997 g/mol. The Morgan fingerprint density at radius 2 is 0.857 bits per heavy atom. The summed E-state index contributed by atoms with van der Waals surface area (Å²) in [4.78, 5) is 4.30. The standard InChI is InChI=1S/C69H42F3N5/c1-42-38-44(40-45(39-42)69(70,71)72)43-32-35-60(76-58-29-15-11-24-52(58)65-62(76)36-33-50-48-22-9-13-27-56(48)74(67(50)65)46-18-5-3-6-19-46)54(41-43)64-55(73-2)26-17-31-61(64)77-59-30-16-12-25-53(59)66-63(77)37-34-51-49-23-10-14-28-57(49)75(68(51)66)47-20-7-4-8-21-47/h3-41H,1H3. The molecule has 0 spiro atoms. The third-order valence-corrected chi connectivity index (χ3v) is 15.6. The van der Waals surface area contributed by atoms with Crippen LogP contribution in [-0.2, 0) is 6.18 Å². The van der Waals surface area contributed by atoms with Crippen molar-refractivity contribution in [2.45, 2.75) is 13.1 Å². The van der Waals surface area contributed by atoms with E-state index in [0.29, 0.717) is 33.5 Å². The Morgan fingerprint density at radius 3 is 1.38 bits per heavy atom. The summed E-state index contributed by atoms with van der Waals surface area (Å²) in [6.07, 6.45) is -4.56. The first-order valence-corrected chi connectivity index (χ1v) is 25.6. The van der Waals surface area contributed by atoms with Crippen LogP contribution in [0.2, 0.25) is 0 Å². The van der Waals surface area contributed by atoms with Gasteiger partial charge in [-0.15, -0.1) is 0 Å². The van der Waals surface area contributed by atoms with E-state index in [1.807, 2.05) is 48.5 Å². The summed E-state index contributed by atoms with van der Waals surface area (Å²) in [5.41, 5.74) is 14.2. The molecule has 77 heavy (non-hydrogen) atoms. The van der Waals surface area contributed by atoms with Crippen LogP contribution in [0.15, 0.2) is 237 Å². The Kier molecular flexibility index (Phi) is 9.63. The Balaban J connectivity index is 1.09. The number of benzene rings is 11. The molecule has 15 rings (SSSR count). The Morgan fingerprint density at radius 1 is 0.377 bits per heavy atom. The van der Waals surface area contributed by atoms with Gasteiger partial charge < -0.3 is 18.3 Å². The van der Waals surface area contributed by atoms with E-state index in [-0.39, 0.29) is 0 Å². The van der Waals surface area contributed by atoms with Gasteiger partial charge in [-0.25, -0.2) is 4.85 Å². The molecule has 0 aliphatic rings. The maximum Gasteiger partial charge on any atom is 0.416 e. The highest BCUT2D eigenvalue weighted by Gasteiger charge is 2.32. The molecule has 364 valence electrons. The molecule has 0 amide bonds. The lowest BCUT2D eigenvalue weighted by Crippen LogP contribution is -2.05. The van der Waals surface area contributed by atoms with Gasteiger partial charge in [0.15, 0.2) is 5.69 Å². The zero-order valence-corrected chi connectivity index (χ0v) is 41.4. The van der Waals surface area contributed by atoms with Gasteiger partial charge in [0.25, 0.3) is 0 Å². The summed E-state index contributed by atoms with van der Waals surface area (Å²) in [5, 5.41) is 8.70. The maximum absolute atomic E-state index is 14.7. The van der Waals surface area contributed by atoms with E-state index in [0.717, 1.165) is 110 Å². The molecule has 5 nitrogen and oxygen atoms in total. The molecule has 0 unspecified atom stereocenters. The van der Waals surface area contributed by atoms with E-state index in [4.69, 9.17) is 6.57 Å². The molecule has 11 aromatic carbocycles. The first kappa shape index (κ1) is 44.4. The Bertz CT molecular complexity index is 4990. The number of halogens is 3. The largest absolute Gasteiger partial charge is 0.416 e. The van der Waals surface area contributed by atoms with Crippen molar-refractivity contribution >= 4 is 92.9 Å². The molecule has 15 aromatic rings. The van der Waals surface area contributed by atoms with E-state index in [1.165, 1.54) is 12.1 Å². The van der Waals surface area contributed by atoms with Crippen molar-refractivity contribution in [3.63, 3.8) is 0 Å². The molecular weight excluding hydrogens is 956 g/mol. The average Bonchev–Trinajstić information content (AvgIpc) is 4.40. The molecule has 0 aliphatic carbocycles. The second-order valence-electron chi connectivity index (χ2n) is 19.9. The summed E-state index contributed by atoms with van der Waals surface area (Å²) < 4.78 is 53.3. The summed E-state index contributed by atoms with van der Waals surface area (Å²) >= 11 is 0. The fraction of sp³-hybridized carbons (Fsp3) is 0.0290. The van der Waals surface area contributed by atoms with Gasteiger partial charge in [0.05, 0.1) is 62.0 Å². The molecular formula is C69H42F3N5. The van der Waals surface area contributed by atoms with Crippen molar-refractivity contribution < 1.29 is 13.2 Å². The average molecular weight is 998 g/mol. The van der Waals surface area contributed by atoms with Crippen LogP contribution < -0.4 is 0 Å². The van der Waals surface area contributed by atoms with E-state index < -0.39 is 11.7 Å². The number of aromatic nitrogens is 4. The SMILES string of the molecule is [C-]#[N+]c1cccc(-n2c3ccccc3c3c2ccc2c4ccccc4n(-c4ccccc4)c23)c1-c1cc(-c2cc(C)cc(C(F)(F)F)c2)ccc1-n1c2ccccc2c2c1ccc1c3ccccc3n(-c3ccccc3)c12. The first-order valence-electron chi connectivity index (χ1n) is 25.6. The van der Waals surface area contributed by atoms with Crippen LogP contribution in [0.5, 0.6) is 0 Å². The molecule has 4 heterocycles. The lowest BCUT2D eigenvalue weighted by Gasteiger charge is -2.21. The number of fused-ring (bicyclic) bond motifs is 14. The van der Waals surface area contributed by atoms with E-state index >= 15 is 0 Å². The van der Waals surface area contributed by atoms with Crippen molar-refractivity contribution in [3.8, 4) is 45.0 Å². The molecule has 0 saturated carbocycles. The van der Waals surface area contributed by atoms with Gasteiger partial charge in [-0.1, -0.05) is 146 Å². The van der Waals surface area contributed by atoms with E-state index in [9.17, 15) is 13.2 Å².